The van der Waals surface area contributed by atoms with Crippen LogP contribution >= 0.6 is 12.4 Å². The van der Waals surface area contributed by atoms with E-state index in [2.05, 4.69) is 5.32 Å². The molecule has 0 aliphatic heterocycles. The topological polar surface area (TPSA) is 64.3 Å². The summed E-state index contributed by atoms with van der Waals surface area (Å²) in [7, 11) is 1.62. The highest BCUT2D eigenvalue weighted by atomic mass is 35.5. The standard InChI is InChI=1S/C13H18N2O2.ClH/c1-17-11-6-3-2-5-10(11)9-15-12(16)13(14)7-4-8-13;/h2-3,5-6H,4,7-9,14H2,1H3,(H,15,16);1H. The van der Waals surface area contributed by atoms with Gasteiger partial charge in [-0.25, -0.2) is 0 Å². The molecule has 0 bridgehead atoms. The summed E-state index contributed by atoms with van der Waals surface area (Å²) < 4.78 is 5.22. The summed E-state index contributed by atoms with van der Waals surface area (Å²) >= 11 is 0. The zero-order chi connectivity index (χ0) is 12.3. The van der Waals surface area contributed by atoms with Crippen molar-refractivity contribution in [2.75, 3.05) is 7.11 Å². The van der Waals surface area contributed by atoms with Crippen LogP contribution in [-0.2, 0) is 11.3 Å². The fourth-order valence-electron chi connectivity index (χ4n) is 1.99. The second-order valence-electron chi connectivity index (χ2n) is 4.50. The van der Waals surface area contributed by atoms with E-state index in [9.17, 15) is 4.79 Å². The number of para-hydroxylation sites is 1. The molecule has 1 saturated carbocycles. The van der Waals surface area contributed by atoms with Crippen molar-refractivity contribution in [3.63, 3.8) is 0 Å². The van der Waals surface area contributed by atoms with Crippen molar-refractivity contribution in [1.29, 1.82) is 0 Å². The number of hydrogen-bond donors (Lipinski definition) is 2. The van der Waals surface area contributed by atoms with Crippen LogP contribution < -0.4 is 15.8 Å². The van der Waals surface area contributed by atoms with Gasteiger partial charge in [-0.3, -0.25) is 4.79 Å². The Labute approximate surface area is 113 Å². The second kappa shape index (κ2) is 6.07. The third kappa shape index (κ3) is 2.94. The van der Waals surface area contributed by atoms with Crippen molar-refractivity contribution in [3.05, 3.63) is 29.8 Å². The molecule has 0 unspecified atom stereocenters. The lowest BCUT2D eigenvalue weighted by Gasteiger charge is -2.36. The molecule has 2 rings (SSSR count). The lowest BCUT2D eigenvalue weighted by atomic mass is 9.77. The Bertz CT molecular complexity index is 419. The van der Waals surface area contributed by atoms with Crippen molar-refractivity contribution in [1.82, 2.24) is 5.32 Å². The summed E-state index contributed by atoms with van der Waals surface area (Å²) in [6.45, 7) is 0.460. The Morgan fingerprint density at radius 2 is 2.11 bits per heavy atom. The Balaban J connectivity index is 0.00000162. The highest BCUT2D eigenvalue weighted by Gasteiger charge is 2.39. The van der Waals surface area contributed by atoms with Gasteiger partial charge < -0.3 is 15.8 Å². The number of amides is 1. The Morgan fingerprint density at radius 1 is 1.44 bits per heavy atom. The molecule has 3 N–H and O–H groups in total. The molecule has 0 atom stereocenters. The van der Waals surface area contributed by atoms with E-state index in [1.807, 2.05) is 24.3 Å². The van der Waals surface area contributed by atoms with Crippen LogP contribution in [0, 0.1) is 0 Å². The molecule has 0 saturated heterocycles. The van der Waals surface area contributed by atoms with E-state index in [0.29, 0.717) is 6.54 Å². The normalized spacial score (nSPS) is 16.1. The molecule has 1 aromatic rings. The molecule has 4 nitrogen and oxygen atoms in total. The van der Waals surface area contributed by atoms with Crippen molar-refractivity contribution in [2.24, 2.45) is 5.73 Å². The van der Waals surface area contributed by atoms with Crippen LogP contribution in [0.2, 0.25) is 0 Å². The average Bonchev–Trinajstić information content (AvgIpc) is 2.33. The van der Waals surface area contributed by atoms with Gasteiger partial charge in [0.15, 0.2) is 0 Å². The number of nitrogens with one attached hydrogen (secondary N) is 1. The molecule has 5 heteroatoms. The number of carbonyl (C=O) groups excluding carboxylic acids is 1. The van der Waals surface area contributed by atoms with Gasteiger partial charge in [0.05, 0.1) is 12.6 Å². The van der Waals surface area contributed by atoms with Gasteiger partial charge in [0.2, 0.25) is 5.91 Å². The van der Waals surface area contributed by atoms with E-state index in [4.69, 9.17) is 10.5 Å². The first-order chi connectivity index (χ1) is 8.15. The Morgan fingerprint density at radius 3 is 2.67 bits per heavy atom. The quantitative estimate of drug-likeness (QED) is 0.874. The summed E-state index contributed by atoms with van der Waals surface area (Å²) in [5, 5.41) is 2.87. The molecule has 1 fully saturated rings. The predicted molar refractivity (Wildman–Crippen MR) is 72.9 cm³/mol. The number of benzene rings is 1. The number of carbonyl (C=O) groups is 1. The van der Waals surface area contributed by atoms with Crippen molar-refractivity contribution in [2.45, 2.75) is 31.3 Å². The SMILES string of the molecule is COc1ccccc1CNC(=O)C1(N)CCC1.Cl. The Hall–Kier alpha value is -1.26. The predicted octanol–water partition coefficient (Wildman–Crippen LogP) is 1.61. The number of methoxy groups -OCH3 is 1. The first-order valence-electron chi connectivity index (χ1n) is 5.85. The van der Waals surface area contributed by atoms with Crippen LogP contribution in [-0.4, -0.2) is 18.6 Å². The molecular formula is C13H19ClN2O2. The molecule has 0 aromatic heterocycles. The van der Waals surface area contributed by atoms with Crippen molar-refractivity contribution < 1.29 is 9.53 Å². The molecule has 0 radical (unpaired) electrons. The van der Waals surface area contributed by atoms with Crippen LogP contribution in [0.5, 0.6) is 5.75 Å². The molecule has 1 amide bonds. The largest absolute Gasteiger partial charge is 0.496 e. The maximum atomic E-state index is 11.8. The van der Waals surface area contributed by atoms with Crippen molar-refractivity contribution in [3.8, 4) is 5.75 Å². The molecule has 1 aliphatic rings. The van der Waals surface area contributed by atoms with Gasteiger partial charge in [0.1, 0.15) is 5.75 Å². The smallest absolute Gasteiger partial charge is 0.240 e. The summed E-state index contributed by atoms with van der Waals surface area (Å²) in [6.07, 6.45) is 2.61. The van der Waals surface area contributed by atoms with E-state index in [-0.39, 0.29) is 18.3 Å². The maximum Gasteiger partial charge on any atom is 0.240 e. The molecule has 18 heavy (non-hydrogen) atoms. The maximum absolute atomic E-state index is 11.8. The van der Waals surface area contributed by atoms with E-state index >= 15 is 0 Å². The van der Waals surface area contributed by atoms with Crippen LogP contribution in [0.1, 0.15) is 24.8 Å². The third-order valence-electron chi connectivity index (χ3n) is 3.33. The monoisotopic (exact) mass is 270 g/mol. The van der Waals surface area contributed by atoms with E-state index in [0.717, 1.165) is 30.6 Å². The zero-order valence-electron chi connectivity index (χ0n) is 10.4. The summed E-state index contributed by atoms with van der Waals surface area (Å²) in [6, 6.07) is 7.64. The van der Waals surface area contributed by atoms with Gasteiger partial charge >= 0.3 is 0 Å². The fourth-order valence-corrected chi connectivity index (χ4v) is 1.99. The molecule has 1 aliphatic carbocycles. The molecular weight excluding hydrogens is 252 g/mol. The highest BCUT2D eigenvalue weighted by Crippen LogP contribution is 2.29. The van der Waals surface area contributed by atoms with Crippen LogP contribution in [0.25, 0.3) is 0 Å². The Kier molecular flexibility index (Phi) is 4.99. The summed E-state index contributed by atoms with van der Waals surface area (Å²) in [4.78, 5) is 11.8. The third-order valence-corrected chi connectivity index (χ3v) is 3.33. The fraction of sp³-hybridized carbons (Fsp3) is 0.462. The van der Waals surface area contributed by atoms with E-state index in [1.165, 1.54) is 0 Å². The molecule has 100 valence electrons. The number of ether oxygens (including phenoxy) is 1. The average molecular weight is 271 g/mol. The van der Waals surface area contributed by atoms with E-state index in [1.54, 1.807) is 7.11 Å². The number of rotatable bonds is 4. The van der Waals surface area contributed by atoms with Crippen LogP contribution in [0.15, 0.2) is 24.3 Å². The zero-order valence-corrected chi connectivity index (χ0v) is 11.3. The lowest BCUT2D eigenvalue weighted by molar-refractivity contribution is -0.129. The second-order valence-corrected chi connectivity index (χ2v) is 4.50. The minimum Gasteiger partial charge on any atom is -0.496 e. The summed E-state index contributed by atoms with van der Waals surface area (Å²) in [5.41, 5.74) is 6.27. The lowest BCUT2D eigenvalue weighted by Crippen LogP contribution is -2.58. The van der Waals surface area contributed by atoms with Crippen LogP contribution in [0.4, 0.5) is 0 Å². The number of hydrogen-bond acceptors (Lipinski definition) is 3. The number of nitrogens with two attached hydrogens (primary N) is 1. The highest BCUT2D eigenvalue weighted by molar-refractivity contribution is 5.87. The van der Waals surface area contributed by atoms with Crippen LogP contribution in [0.3, 0.4) is 0 Å². The van der Waals surface area contributed by atoms with E-state index < -0.39 is 5.54 Å². The van der Waals surface area contributed by atoms with Crippen molar-refractivity contribution >= 4 is 18.3 Å². The van der Waals surface area contributed by atoms with Gasteiger partial charge in [-0.05, 0) is 25.3 Å². The minimum atomic E-state index is -0.637. The molecule has 1 aromatic carbocycles. The van der Waals surface area contributed by atoms with Gasteiger partial charge in [-0.15, -0.1) is 12.4 Å². The molecule has 0 spiro atoms. The first kappa shape index (κ1) is 14.8. The summed E-state index contributed by atoms with van der Waals surface area (Å²) in [5.74, 6) is 0.724. The first-order valence-corrected chi connectivity index (χ1v) is 5.85. The van der Waals surface area contributed by atoms with Gasteiger partial charge in [-0.2, -0.15) is 0 Å². The van der Waals surface area contributed by atoms with Gasteiger partial charge in [-0.1, -0.05) is 18.2 Å². The minimum absolute atomic E-state index is 0. The van der Waals surface area contributed by atoms with Gasteiger partial charge in [0.25, 0.3) is 0 Å². The number of halogens is 1. The van der Waals surface area contributed by atoms with Gasteiger partial charge in [0, 0.05) is 12.1 Å². The molecule has 0 heterocycles.